The molecule has 0 radical (unpaired) electrons. The van der Waals surface area contributed by atoms with Crippen molar-refractivity contribution in [2.75, 3.05) is 10.8 Å². The zero-order valence-corrected chi connectivity index (χ0v) is 28.7. The van der Waals surface area contributed by atoms with Crippen molar-refractivity contribution in [1.82, 2.24) is 10.2 Å². The number of hydrogen-bond acceptors (Lipinski definition) is 4. The summed E-state index contributed by atoms with van der Waals surface area (Å²) in [6, 6.07) is 26.7. The summed E-state index contributed by atoms with van der Waals surface area (Å²) < 4.78 is 29.6. The molecule has 2 amide bonds. The van der Waals surface area contributed by atoms with Crippen LogP contribution in [0.4, 0.5) is 5.69 Å². The Morgan fingerprint density at radius 3 is 2.15 bits per heavy atom. The molecule has 0 heterocycles. The van der Waals surface area contributed by atoms with Crippen molar-refractivity contribution in [1.29, 1.82) is 0 Å². The number of carbonyl (C=O) groups is 2. The predicted octanol–water partition coefficient (Wildman–Crippen LogP) is 7.36. The van der Waals surface area contributed by atoms with E-state index in [0.29, 0.717) is 33.3 Å². The first-order chi connectivity index (χ1) is 21.9. The Morgan fingerprint density at radius 1 is 0.870 bits per heavy atom. The van der Waals surface area contributed by atoms with Crippen molar-refractivity contribution < 1.29 is 18.0 Å². The maximum absolute atomic E-state index is 14.6. The van der Waals surface area contributed by atoms with Gasteiger partial charge in [-0.2, -0.15) is 0 Å². The molecule has 10 heteroatoms. The van der Waals surface area contributed by atoms with Crippen LogP contribution in [0.1, 0.15) is 42.5 Å². The first kappa shape index (κ1) is 35.0. The summed E-state index contributed by atoms with van der Waals surface area (Å²) in [4.78, 5) is 30.1. The summed E-state index contributed by atoms with van der Waals surface area (Å²) in [6.45, 7) is 6.93. The zero-order chi connectivity index (χ0) is 33.4. The van der Waals surface area contributed by atoms with E-state index in [1.165, 1.54) is 17.0 Å². The third-order valence-corrected chi connectivity index (χ3v) is 10.3. The Bertz CT molecular complexity index is 1770. The van der Waals surface area contributed by atoms with Crippen LogP contribution in [0.2, 0.25) is 10.0 Å². The number of halogens is 2. The van der Waals surface area contributed by atoms with Gasteiger partial charge in [-0.1, -0.05) is 102 Å². The highest BCUT2D eigenvalue weighted by molar-refractivity contribution is 7.92. The molecule has 0 aromatic heterocycles. The molecule has 4 rings (SSSR count). The van der Waals surface area contributed by atoms with E-state index < -0.39 is 28.5 Å². The molecule has 242 valence electrons. The molecular weight excluding hydrogens is 641 g/mol. The lowest BCUT2D eigenvalue weighted by molar-refractivity contribution is -0.140. The molecule has 0 fully saturated rings. The number of para-hydroxylation sites is 1. The molecule has 2 atom stereocenters. The Hall–Kier alpha value is -3.85. The Kier molecular flexibility index (Phi) is 11.9. The molecule has 7 nitrogen and oxygen atoms in total. The van der Waals surface area contributed by atoms with Gasteiger partial charge in [0.15, 0.2) is 0 Å². The minimum atomic E-state index is -4.19. The van der Waals surface area contributed by atoms with Crippen molar-refractivity contribution in [3.8, 4) is 0 Å². The molecular formula is C36H39Cl2N3O4S. The minimum Gasteiger partial charge on any atom is -0.352 e. The second-order valence-electron chi connectivity index (χ2n) is 11.4. The predicted molar refractivity (Wildman–Crippen MR) is 186 cm³/mol. The molecule has 4 aromatic carbocycles. The van der Waals surface area contributed by atoms with Crippen molar-refractivity contribution in [3.05, 3.63) is 129 Å². The van der Waals surface area contributed by atoms with Gasteiger partial charge in [-0.25, -0.2) is 8.42 Å². The summed E-state index contributed by atoms with van der Waals surface area (Å²) in [5, 5.41) is 3.79. The van der Waals surface area contributed by atoms with Gasteiger partial charge in [0.25, 0.3) is 10.0 Å². The van der Waals surface area contributed by atoms with Crippen LogP contribution in [-0.4, -0.2) is 43.8 Å². The summed E-state index contributed by atoms with van der Waals surface area (Å²) >= 11 is 12.8. The number of sulfonamides is 1. The second kappa shape index (κ2) is 15.6. The first-order valence-electron chi connectivity index (χ1n) is 15.1. The number of amides is 2. The first-order valence-corrected chi connectivity index (χ1v) is 17.3. The fourth-order valence-corrected chi connectivity index (χ4v) is 6.97. The van der Waals surface area contributed by atoms with Crippen molar-refractivity contribution in [3.63, 3.8) is 0 Å². The quantitative estimate of drug-likeness (QED) is 0.160. The topological polar surface area (TPSA) is 86.8 Å². The van der Waals surface area contributed by atoms with Crippen molar-refractivity contribution in [2.24, 2.45) is 0 Å². The molecule has 0 aliphatic rings. The Morgan fingerprint density at radius 2 is 1.52 bits per heavy atom. The van der Waals surface area contributed by atoms with Crippen LogP contribution in [0.15, 0.2) is 102 Å². The number of carbonyl (C=O) groups excluding carboxylic acids is 2. The Balaban J connectivity index is 1.84. The number of nitrogens with one attached hydrogen (secondary N) is 1. The lowest BCUT2D eigenvalue weighted by Gasteiger charge is -2.34. The van der Waals surface area contributed by atoms with E-state index >= 15 is 0 Å². The van der Waals surface area contributed by atoms with Gasteiger partial charge < -0.3 is 10.2 Å². The van der Waals surface area contributed by atoms with Crippen LogP contribution in [0, 0.1) is 13.8 Å². The number of anilines is 1. The number of aryl methyl sites for hydroxylation is 2. The van der Waals surface area contributed by atoms with Crippen LogP contribution in [0.5, 0.6) is 0 Å². The van der Waals surface area contributed by atoms with Gasteiger partial charge in [-0.3, -0.25) is 13.9 Å². The van der Waals surface area contributed by atoms with E-state index in [4.69, 9.17) is 23.2 Å². The van der Waals surface area contributed by atoms with Gasteiger partial charge >= 0.3 is 0 Å². The lowest BCUT2D eigenvalue weighted by atomic mass is 10.0. The highest BCUT2D eigenvalue weighted by atomic mass is 35.5. The maximum Gasteiger partial charge on any atom is 0.264 e. The summed E-state index contributed by atoms with van der Waals surface area (Å²) in [5.41, 5.74) is 3.35. The van der Waals surface area contributed by atoms with Gasteiger partial charge in [0.1, 0.15) is 12.6 Å². The zero-order valence-electron chi connectivity index (χ0n) is 26.4. The minimum absolute atomic E-state index is 0.0492. The molecule has 1 N–H and O–H groups in total. The summed E-state index contributed by atoms with van der Waals surface area (Å²) in [5.74, 6) is -0.911. The standard InChI is InChI=1S/C36H39Cl2N3O4S/c1-5-27(4)39-36(43)34(21-28-12-7-6-8-13-28)40(23-29-17-18-30(37)22-32(29)38)35(42)24-41(33-14-10-9-11-26(33)3)46(44,45)31-19-15-25(2)16-20-31/h6-20,22,27,34H,5,21,23-24H2,1-4H3,(H,39,43)/t27-,34+/m1/s1. The number of nitrogens with zero attached hydrogens (tertiary/aromatic N) is 2. The number of rotatable bonds is 13. The number of hydrogen-bond donors (Lipinski definition) is 1. The third kappa shape index (κ3) is 8.69. The average Bonchev–Trinajstić information content (AvgIpc) is 3.03. The summed E-state index contributed by atoms with van der Waals surface area (Å²) in [6.07, 6.45) is 0.895. The van der Waals surface area contributed by atoms with Gasteiger partial charge in [-0.15, -0.1) is 0 Å². The van der Waals surface area contributed by atoms with Gasteiger partial charge in [0, 0.05) is 29.1 Å². The third-order valence-electron chi connectivity index (χ3n) is 7.90. The molecule has 0 aliphatic carbocycles. The second-order valence-corrected chi connectivity index (χ2v) is 14.1. The largest absolute Gasteiger partial charge is 0.352 e. The average molecular weight is 681 g/mol. The summed E-state index contributed by atoms with van der Waals surface area (Å²) in [7, 11) is -4.19. The van der Waals surface area contributed by atoms with Crippen LogP contribution >= 0.6 is 23.2 Å². The van der Waals surface area contributed by atoms with Crippen LogP contribution in [0.25, 0.3) is 0 Å². The molecule has 0 saturated carbocycles. The smallest absolute Gasteiger partial charge is 0.264 e. The van der Waals surface area contributed by atoms with E-state index in [9.17, 15) is 18.0 Å². The highest BCUT2D eigenvalue weighted by Crippen LogP contribution is 2.29. The van der Waals surface area contributed by atoms with Crippen molar-refractivity contribution in [2.45, 2.75) is 64.1 Å². The molecule has 0 unspecified atom stereocenters. The Labute approximate surface area is 282 Å². The van der Waals surface area contributed by atoms with Crippen LogP contribution < -0.4 is 9.62 Å². The normalized spacial score (nSPS) is 12.7. The van der Waals surface area contributed by atoms with Crippen LogP contribution in [0.3, 0.4) is 0 Å². The van der Waals surface area contributed by atoms with Gasteiger partial charge in [0.2, 0.25) is 11.8 Å². The molecule has 0 spiro atoms. The molecule has 0 saturated heterocycles. The fraction of sp³-hybridized carbons (Fsp3) is 0.278. The van der Waals surface area contributed by atoms with E-state index in [1.807, 2.05) is 51.1 Å². The maximum atomic E-state index is 14.6. The van der Waals surface area contributed by atoms with E-state index in [-0.39, 0.29) is 29.8 Å². The highest BCUT2D eigenvalue weighted by Gasteiger charge is 2.35. The van der Waals surface area contributed by atoms with Gasteiger partial charge in [-0.05, 0) is 74.2 Å². The fourth-order valence-electron chi connectivity index (χ4n) is 5.02. The molecule has 4 aromatic rings. The van der Waals surface area contributed by atoms with E-state index in [0.717, 1.165) is 15.4 Å². The van der Waals surface area contributed by atoms with Gasteiger partial charge in [0.05, 0.1) is 10.6 Å². The number of benzene rings is 4. The lowest BCUT2D eigenvalue weighted by Crippen LogP contribution is -2.54. The molecule has 0 aliphatic heterocycles. The SMILES string of the molecule is CC[C@@H](C)NC(=O)[C@H](Cc1ccccc1)N(Cc1ccc(Cl)cc1Cl)C(=O)CN(c1ccccc1C)S(=O)(=O)c1ccc(C)cc1. The van der Waals surface area contributed by atoms with E-state index in [2.05, 4.69) is 5.32 Å². The van der Waals surface area contributed by atoms with Crippen LogP contribution in [-0.2, 0) is 32.6 Å². The molecule has 46 heavy (non-hydrogen) atoms. The van der Waals surface area contributed by atoms with Crippen molar-refractivity contribution >= 4 is 50.7 Å². The van der Waals surface area contributed by atoms with E-state index in [1.54, 1.807) is 61.5 Å². The monoisotopic (exact) mass is 679 g/mol. The molecule has 0 bridgehead atoms.